The van der Waals surface area contributed by atoms with Crippen LogP contribution in [0.15, 0.2) is 24.3 Å². The predicted octanol–water partition coefficient (Wildman–Crippen LogP) is 0.858. The van der Waals surface area contributed by atoms with Crippen LogP contribution < -0.4 is 20.3 Å². The van der Waals surface area contributed by atoms with Gasteiger partial charge < -0.3 is 15.0 Å². The van der Waals surface area contributed by atoms with Crippen LogP contribution in [0.2, 0.25) is 5.02 Å². The second-order valence-corrected chi connectivity index (χ2v) is 5.95. The van der Waals surface area contributed by atoms with Gasteiger partial charge in [-0.15, -0.1) is 0 Å². The fourth-order valence-corrected chi connectivity index (χ4v) is 1.90. The maximum atomic E-state index is 11.8. The van der Waals surface area contributed by atoms with Crippen LogP contribution in [-0.2, 0) is 4.79 Å². The van der Waals surface area contributed by atoms with Crippen LogP contribution in [0.1, 0.15) is 20.3 Å². The maximum absolute atomic E-state index is 11.8. The van der Waals surface area contributed by atoms with Crippen LogP contribution in [0.5, 0.6) is 5.75 Å². The highest BCUT2D eigenvalue weighted by Crippen LogP contribution is 2.14. The summed E-state index contributed by atoms with van der Waals surface area (Å²) in [6.07, 6.45) is 0.814. The molecule has 0 radical (unpaired) electrons. The normalized spacial score (nSPS) is 13.0. The third-order valence-electron chi connectivity index (χ3n) is 3.32. The Morgan fingerprint density at radius 2 is 1.96 bits per heavy atom. The van der Waals surface area contributed by atoms with E-state index in [2.05, 4.69) is 10.6 Å². The van der Waals surface area contributed by atoms with Gasteiger partial charge in [-0.3, -0.25) is 10.1 Å². The number of benzene rings is 1. The van der Waals surface area contributed by atoms with Crippen LogP contribution in [0, 0.1) is 0 Å². The van der Waals surface area contributed by atoms with E-state index in [9.17, 15) is 9.59 Å². The second kappa shape index (κ2) is 10.1. The van der Waals surface area contributed by atoms with Gasteiger partial charge in [-0.25, -0.2) is 4.79 Å². The molecule has 0 saturated heterocycles. The molecule has 1 aromatic rings. The van der Waals surface area contributed by atoms with Gasteiger partial charge in [0.15, 0.2) is 6.54 Å². The van der Waals surface area contributed by atoms with Crippen molar-refractivity contribution in [1.29, 1.82) is 0 Å². The highest BCUT2D eigenvalue weighted by Gasteiger charge is 2.14. The van der Waals surface area contributed by atoms with E-state index in [-0.39, 0.29) is 18.5 Å². The molecule has 0 aromatic heterocycles. The highest BCUT2D eigenvalue weighted by atomic mass is 35.5. The minimum absolute atomic E-state index is 0.0423. The SMILES string of the molecule is CC[C@@H](C)NC(=O)NC(=O)C[NH+](C)CCOc1ccc(Cl)cc1. The Kier molecular flexibility index (Phi) is 8.43. The Hall–Kier alpha value is -1.79. The van der Waals surface area contributed by atoms with E-state index in [1.807, 2.05) is 20.9 Å². The van der Waals surface area contributed by atoms with Crippen molar-refractivity contribution in [1.82, 2.24) is 10.6 Å². The molecule has 3 amide bonds. The quantitative estimate of drug-likeness (QED) is 0.656. The summed E-state index contributed by atoms with van der Waals surface area (Å²) in [5.41, 5.74) is 0. The standard InChI is InChI=1S/C16H24ClN3O3/c1-4-12(2)18-16(22)19-15(21)11-20(3)9-10-23-14-7-5-13(17)6-8-14/h5-8,12H,4,9-11H2,1-3H3,(H2,18,19,21,22)/p+1/t12-/m1/s1. The maximum Gasteiger partial charge on any atom is 0.321 e. The Morgan fingerprint density at radius 3 is 2.57 bits per heavy atom. The molecule has 2 atom stereocenters. The molecule has 0 bridgehead atoms. The van der Waals surface area contributed by atoms with E-state index >= 15 is 0 Å². The molecular formula is C16H25ClN3O3+. The van der Waals surface area contributed by atoms with Crippen molar-refractivity contribution in [2.24, 2.45) is 0 Å². The van der Waals surface area contributed by atoms with Gasteiger partial charge in [-0.2, -0.15) is 0 Å². The van der Waals surface area contributed by atoms with E-state index in [0.29, 0.717) is 18.2 Å². The minimum Gasteiger partial charge on any atom is -0.488 e. The molecule has 7 heteroatoms. The smallest absolute Gasteiger partial charge is 0.321 e. The van der Waals surface area contributed by atoms with Gasteiger partial charge in [0, 0.05) is 11.1 Å². The number of hydrogen-bond acceptors (Lipinski definition) is 3. The number of urea groups is 1. The van der Waals surface area contributed by atoms with Crippen molar-refractivity contribution in [3.05, 3.63) is 29.3 Å². The molecule has 1 aromatic carbocycles. The lowest BCUT2D eigenvalue weighted by molar-refractivity contribution is -0.871. The average molecular weight is 343 g/mol. The largest absolute Gasteiger partial charge is 0.488 e. The van der Waals surface area contributed by atoms with E-state index in [1.165, 1.54) is 0 Å². The summed E-state index contributed by atoms with van der Waals surface area (Å²) in [6, 6.07) is 6.70. The van der Waals surface area contributed by atoms with Gasteiger partial charge in [0.05, 0.1) is 7.05 Å². The molecule has 23 heavy (non-hydrogen) atoms. The average Bonchev–Trinajstić information content (AvgIpc) is 2.48. The van der Waals surface area contributed by atoms with Crippen LogP contribution >= 0.6 is 11.6 Å². The van der Waals surface area contributed by atoms with Crippen molar-refractivity contribution in [2.75, 3.05) is 26.7 Å². The van der Waals surface area contributed by atoms with Gasteiger partial charge in [0.1, 0.15) is 18.9 Å². The summed E-state index contributed by atoms with van der Waals surface area (Å²) in [7, 11) is 1.87. The molecule has 0 spiro atoms. The fraction of sp³-hybridized carbons (Fsp3) is 0.500. The molecule has 1 rings (SSSR count). The van der Waals surface area contributed by atoms with E-state index in [0.717, 1.165) is 17.1 Å². The summed E-state index contributed by atoms with van der Waals surface area (Å²) in [6.45, 7) is 5.17. The molecule has 0 aliphatic carbocycles. The number of quaternary nitrogens is 1. The van der Waals surface area contributed by atoms with Crippen molar-refractivity contribution in [3.63, 3.8) is 0 Å². The summed E-state index contributed by atoms with van der Waals surface area (Å²) < 4.78 is 5.57. The first-order valence-electron chi connectivity index (χ1n) is 7.70. The van der Waals surface area contributed by atoms with Crippen LogP contribution in [0.4, 0.5) is 4.79 Å². The zero-order valence-corrected chi connectivity index (χ0v) is 14.6. The van der Waals surface area contributed by atoms with Crippen molar-refractivity contribution in [2.45, 2.75) is 26.3 Å². The zero-order valence-electron chi connectivity index (χ0n) is 13.8. The first kappa shape index (κ1) is 19.3. The lowest BCUT2D eigenvalue weighted by Gasteiger charge is -2.15. The van der Waals surface area contributed by atoms with Gasteiger partial charge >= 0.3 is 6.03 Å². The van der Waals surface area contributed by atoms with Crippen molar-refractivity contribution >= 4 is 23.5 Å². The third kappa shape index (κ3) is 8.42. The van der Waals surface area contributed by atoms with Crippen molar-refractivity contribution < 1.29 is 19.2 Å². The number of imide groups is 1. The Morgan fingerprint density at radius 1 is 1.30 bits per heavy atom. The summed E-state index contributed by atoms with van der Waals surface area (Å²) in [5, 5.41) is 5.67. The van der Waals surface area contributed by atoms with Crippen LogP contribution in [0.3, 0.4) is 0 Å². The van der Waals surface area contributed by atoms with Gasteiger partial charge in [0.2, 0.25) is 0 Å². The topological polar surface area (TPSA) is 71.9 Å². The molecule has 0 aliphatic heterocycles. The number of rotatable bonds is 8. The number of ether oxygens (including phenoxy) is 1. The van der Waals surface area contributed by atoms with E-state index in [4.69, 9.17) is 16.3 Å². The molecule has 0 heterocycles. The van der Waals surface area contributed by atoms with E-state index < -0.39 is 6.03 Å². The number of nitrogens with one attached hydrogen (secondary N) is 3. The second-order valence-electron chi connectivity index (χ2n) is 5.52. The first-order chi connectivity index (χ1) is 10.9. The molecule has 6 nitrogen and oxygen atoms in total. The number of carbonyl (C=O) groups excluding carboxylic acids is 2. The monoisotopic (exact) mass is 342 g/mol. The summed E-state index contributed by atoms with van der Waals surface area (Å²) in [4.78, 5) is 24.3. The fourth-order valence-electron chi connectivity index (χ4n) is 1.77. The molecule has 1 unspecified atom stereocenters. The molecule has 0 fully saturated rings. The molecule has 3 N–H and O–H groups in total. The Labute approximate surface area is 142 Å². The molecular weight excluding hydrogens is 318 g/mol. The van der Waals surface area contributed by atoms with Crippen molar-refractivity contribution in [3.8, 4) is 5.75 Å². The van der Waals surface area contributed by atoms with Crippen LogP contribution in [-0.4, -0.2) is 44.7 Å². The Bertz CT molecular complexity index is 508. The lowest BCUT2D eigenvalue weighted by Crippen LogP contribution is -3.10. The highest BCUT2D eigenvalue weighted by molar-refractivity contribution is 6.30. The van der Waals surface area contributed by atoms with Gasteiger partial charge in [-0.1, -0.05) is 18.5 Å². The van der Waals surface area contributed by atoms with E-state index in [1.54, 1.807) is 24.3 Å². The van der Waals surface area contributed by atoms with Gasteiger partial charge in [-0.05, 0) is 37.6 Å². The minimum atomic E-state index is -0.449. The summed E-state index contributed by atoms with van der Waals surface area (Å²) in [5.74, 6) is 0.425. The first-order valence-corrected chi connectivity index (χ1v) is 8.08. The number of amides is 3. The van der Waals surface area contributed by atoms with Gasteiger partial charge in [0.25, 0.3) is 5.91 Å². The molecule has 0 aliphatic rings. The summed E-state index contributed by atoms with van der Waals surface area (Å²) >= 11 is 5.80. The lowest BCUT2D eigenvalue weighted by atomic mass is 10.3. The number of carbonyl (C=O) groups is 2. The molecule has 128 valence electrons. The number of hydrogen-bond donors (Lipinski definition) is 3. The molecule has 0 saturated carbocycles. The number of halogens is 1. The number of likely N-dealkylation sites (N-methyl/N-ethyl adjacent to an activating group) is 1. The van der Waals surface area contributed by atoms with Crippen LogP contribution in [0.25, 0.3) is 0 Å². The third-order valence-corrected chi connectivity index (χ3v) is 3.57. The zero-order chi connectivity index (χ0) is 17.2. The predicted molar refractivity (Wildman–Crippen MR) is 90.0 cm³/mol. The Balaban J connectivity index is 2.22.